The van der Waals surface area contributed by atoms with E-state index < -0.39 is 11.6 Å². The van der Waals surface area contributed by atoms with Gasteiger partial charge in [0, 0.05) is 24.3 Å². The highest BCUT2D eigenvalue weighted by Gasteiger charge is 2.16. The van der Waals surface area contributed by atoms with Crippen molar-refractivity contribution in [2.24, 2.45) is 0 Å². The van der Waals surface area contributed by atoms with Crippen LogP contribution in [0.2, 0.25) is 0 Å². The van der Waals surface area contributed by atoms with Crippen molar-refractivity contribution >= 4 is 11.6 Å². The van der Waals surface area contributed by atoms with E-state index in [4.69, 9.17) is 0 Å². The molecular formula is C15H21F2N3O. The Kier molecular flexibility index (Phi) is 5.64. The van der Waals surface area contributed by atoms with Crippen LogP contribution in [0.4, 0.5) is 14.5 Å². The van der Waals surface area contributed by atoms with Crippen LogP contribution in [0.25, 0.3) is 0 Å². The van der Waals surface area contributed by atoms with Gasteiger partial charge in [0.25, 0.3) is 0 Å². The number of piperidine rings is 1. The molecule has 0 saturated carbocycles. The second kappa shape index (κ2) is 7.47. The number of likely N-dealkylation sites (N-methyl/N-ethyl adjacent to an activating group) is 1. The molecule has 2 N–H and O–H groups in total. The molecule has 6 heteroatoms. The summed E-state index contributed by atoms with van der Waals surface area (Å²) in [5.41, 5.74) is 0.267. The summed E-state index contributed by atoms with van der Waals surface area (Å²) in [6, 6.07) is 3.75. The van der Waals surface area contributed by atoms with Gasteiger partial charge < -0.3 is 10.6 Å². The Labute approximate surface area is 123 Å². The van der Waals surface area contributed by atoms with Crippen molar-refractivity contribution < 1.29 is 13.6 Å². The number of rotatable bonds is 5. The lowest BCUT2D eigenvalue weighted by Crippen LogP contribution is -2.44. The maximum absolute atomic E-state index is 13.1. The quantitative estimate of drug-likeness (QED) is 0.873. The number of hydrogen-bond acceptors (Lipinski definition) is 3. The van der Waals surface area contributed by atoms with E-state index >= 15 is 0 Å². The Morgan fingerprint density at radius 3 is 2.86 bits per heavy atom. The molecule has 1 amide bonds. The van der Waals surface area contributed by atoms with Gasteiger partial charge in [0.1, 0.15) is 0 Å². The van der Waals surface area contributed by atoms with Crippen molar-refractivity contribution in [3.63, 3.8) is 0 Å². The molecule has 21 heavy (non-hydrogen) atoms. The molecular weight excluding hydrogens is 276 g/mol. The molecule has 4 nitrogen and oxygen atoms in total. The number of benzene rings is 1. The average molecular weight is 297 g/mol. The topological polar surface area (TPSA) is 44.4 Å². The minimum atomic E-state index is -0.965. The largest absolute Gasteiger partial charge is 0.325 e. The molecule has 1 heterocycles. The first-order chi connectivity index (χ1) is 10.0. The monoisotopic (exact) mass is 297 g/mol. The fraction of sp³-hybridized carbons (Fsp3) is 0.533. The normalized spacial score (nSPS) is 18.8. The van der Waals surface area contributed by atoms with Gasteiger partial charge in [-0.25, -0.2) is 8.78 Å². The lowest BCUT2D eigenvalue weighted by Gasteiger charge is -2.27. The minimum absolute atomic E-state index is 0.219. The summed E-state index contributed by atoms with van der Waals surface area (Å²) in [5.74, 6) is -2.12. The Balaban J connectivity index is 1.78. The molecule has 1 aliphatic rings. The van der Waals surface area contributed by atoms with E-state index in [0.717, 1.165) is 31.6 Å². The molecule has 116 valence electrons. The van der Waals surface area contributed by atoms with Crippen LogP contribution in [0.15, 0.2) is 18.2 Å². The fourth-order valence-electron chi connectivity index (χ4n) is 2.54. The van der Waals surface area contributed by atoms with Gasteiger partial charge in [-0.15, -0.1) is 0 Å². The van der Waals surface area contributed by atoms with E-state index in [0.29, 0.717) is 6.04 Å². The third kappa shape index (κ3) is 5.06. The first kappa shape index (κ1) is 15.9. The maximum atomic E-state index is 13.1. The molecule has 0 radical (unpaired) electrons. The van der Waals surface area contributed by atoms with Crippen LogP contribution in [0.5, 0.6) is 0 Å². The van der Waals surface area contributed by atoms with E-state index in [1.165, 1.54) is 18.9 Å². The van der Waals surface area contributed by atoms with Crippen LogP contribution < -0.4 is 10.6 Å². The van der Waals surface area contributed by atoms with Gasteiger partial charge in [0.2, 0.25) is 5.91 Å². The lowest BCUT2D eigenvalue weighted by molar-refractivity contribution is -0.117. The van der Waals surface area contributed by atoms with Crippen LogP contribution in [-0.2, 0) is 4.79 Å². The van der Waals surface area contributed by atoms with Crippen molar-refractivity contribution in [2.45, 2.75) is 25.3 Å². The zero-order chi connectivity index (χ0) is 15.2. The smallest absolute Gasteiger partial charge is 0.238 e. The van der Waals surface area contributed by atoms with Crippen LogP contribution in [0.1, 0.15) is 19.3 Å². The van der Waals surface area contributed by atoms with E-state index in [2.05, 4.69) is 10.6 Å². The van der Waals surface area contributed by atoms with Gasteiger partial charge in [0.15, 0.2) is 11.6 Å². The number of halogens is 2. The highest BCUT2D eigenvalue weighted by Crippen LogP contribution is 2.13. The molecule has 2 rings (SSSR count). The van der Waals surface area contributed by atoms with E-state index in [1.54, 1.807) is 0 Å². The van der Waals surface area contributed by atoms with Crippen molar-refractivity contribution in [1.82, 2.24) is 10.2 Å². The summed E-state index contributed by atoms with van der Waals surface area (Å²) < 4.78 is 25.9. The number of hydrogen-bond donors (Lipinski definition) is 2. The number of carbonyl (C=O) groups is 1. The molecule has 1 saturated heterocycles. The fourth-order valence-corrected chi connectivity index (χ4v) is 2.54. The third-order valence-corrected chi connectivity index (χ3v) is 3.56. The predicted octanol–water partition coefficient (Wildman–Crippen LogP) is 1.98. The van der Waals surface area contributed by atoms with Gasteiger partial charge in [-0.2, -0.15) is 0 Å². The highest BCUT2D eigenvalue weighted by molar-refractivity contribution is 5.92. The zero-order valence-corrected chi connectivity index (χ0v) is 12.2. The van der Waals surface area contributed by atoms with Crippen molar-refractivity contribution in [2.75, 3.05) is 32.0 Å². The molecule has 0 aliphatic carbocycles. The average Bonchev–Trinajstić information content (AvgIpc) is 2.43. The Bertz CT molecular complexity index is 490. The number of nitrogens with zero attached hydrogens (tertiary/aromatic N) is 1. The first-order valence-corrected chi connectivity index (χ1v) is 7.21. The van der Waals surface area contributed by atoms with Crippen LogP contribution in [0.3, 0.4) is 0 Å². The van der Waals surface area contributed by atoms with Crippen molar-refractivity contribution in [3.8, 4) is 0 Å². The predicted molar refractivity (Wildman–Crippen MR) is 78.1 cm³/mol. The molecule has 1 atom stereocenters. The second-order valence-electron chi connectivity index (χ2n) is 5.52. The molecule has 1 fully saturated rings. The van der Waals surface area contributed by atoms with Gasteiger partial charge >= 0.3 is 0 Å². The summed E-state index contributed by atoms with van der Waals surface area (Å²) in [4.78, 5) is 13.8. The Hall–Kier alpha value is -1.53. The number of carbonyl (C=O) groups excluding carboxylic acids is 1. The van der Waals surface area contributed by atoms with Gasteiger partial charge in [-0.05, 0) is 38.6 Å². The molecule has 0 aromatic heterocycles. The number of nitrogens with one attached hydrogen (secondary N) is 2. The van der Waals surface area contributed by atoms with E-state index in [-0.39, 0.29) is 18.1 Å². The van der Waals surface area contributed by atoms with Crippen LogP contribution in [-0.4, -0.2) is 43.5 Å². The summed E-state index contributed by atoms with van der Waals surface area (Å²) in [6.45, 7) is 2.04. The van der Waals surface area contributed by atoms with Crippen molar-refractivity contribution in [3.05, 3.63) is 29.8 Å². The molecule has 1 aromatic rings. The summed E-state index contributed by atoms with van der Waals surface area (Å²) in [7, 11) is 1.88. The highest BCUT2D eigenvalue weighted by atomic mass is 19.2. The zero-order valence-electron chi connectivity index (χ0n) is 12.2. The standard InChI is InChI=1S/C15H21F2N3O/c1-20(9-12-4-2-3-7-18-12)10-15(21)19-11-5-6-13(16)14(17)8-11/h5-6,8,12,18H,2-4,7,9-10H2,1H3,(H,19,21). The minimum Gasteiger partial charge on any atom is -0.325 e. The SMILES string of the molecule is CN(CC(=O)Nc1ccc(F)c(F)c1)CC1CCCCN1. The molecule has 1 unspecified atom stereocenters. The maximum Gasteiger partial charge on any atom is 0.238 e. The Morgan fingerprint density at radius 2 is 2.19 bits per heavy atom. The van der Waals surface area contributed by atoms with Gasteiger partial charge in [0.05, 0.1) is 6.54 Å². The van der Waals surface area contributed by atoms with E-state index in [1.807, 2.05) is 11.9 Å². The van der Waals surface area contributed by atoms with Crippen LogP contribution >= 0.6 is 0 Å². The molecule has 0 bridgehead atoms. The lowest BCUT2D eigenvalue weighted by atomic mass is 10.0. The van der Waals surface area contributed by atoms with Gasteiger partial charge in [-0.1, -0.05) is 6.42 Å². The first-order valence-electron chi connectivity index (χ1n) is 7.21. The molecule has 0 spiro atoms. The third-order valence-electron chi connectivity index (χ3n) is 3.56. The molecule has 1 aliphatic heterocycles. The Morgan fingerprint density at radius 1 is 1.38 bits per heavy atom. The summed E-state index contributed by atoms with van der Waals surface area (Å²) >= 11 is 0. The van der Waals surface area contributed by atoms with Gasteiger partial charge in [-0.3, -0.25) is 9.69 Å². The number of amides is 1. The van der Waals surface area contributed by atoms with E-state index in [9.17, 15) is 13.6 Å². The number of anilines is 1. The second-order valence-corrected chi connectivity index (χ2v) is 5.52. The summed E-state index contributed by atoms with van der Waals surface area (Å²) in [6.07, 6.45) is 3.54. The van der Waals surface area contributed by atoms with Crippen LogP contribution in [0, 0.1) is 11.6 Å². The van der Waals surface area contributed by atoms with Crippen molar-refractivity contribution in [1.29, 1.82) is 0 Å². The summed E-state index contributed by atoms with van der Waals surface area (Å²) in [5, 5.41) is 5.99. The molecule has 1 aromatic carbocycles.